The van der Waals surface area contributed by atoms with Gasteiger partial charge in [0, 0.05) is 15.6 Å². The number of alkyl halides is 1. The molecule has 1 heterocycles. The van der Waals surface area contributed by atoms with E-state index in [4.69, 9.17) is 34.8 Å². The van der Waals surface area contributed by atoms with E-state index >= 15 is 0 Å². The Morgan fingerprint density at radius 2 is 2.00 bits per heavy atom. The van der Waals surface area contributed by atoms with Crippen LogP contribution in [0, 0.1) is 5.82 Å². The van der Waals surface area contributed by atoms with Crippen LogP contribution in [-0.4, -0.2) is 0 Å². The Morgan fingerprint density at radius 3 is 2.53 bits per heavy atom. The van der Waals surface area contributed by atoms with Gasteiger partial charge in [-0.25, -0.2) is 4.39 Å². The minimum atomic E-state index is -0.665. The number of hydrogen-bond acceptors (Lipinski definition) is 1. The lowest BCUT2D eigenvalue weighted by Crippen LogP contribution is -1.97. The number of halogens is 5. The Bertz CT molecular complexity index is 535. The molecule has 0 spiro atoms. The molecule has 1 atom stereocenters. The van der Waals surface area contributed by atoms with Crippen LogP contribution in [0.2, 0.25) is 8.67 Å². The van der Waals surface area contributed by atoms with E-state index in [-0.39, 0.29) is 5.82 Å². The highest BCUT2D eigenvalue weighted by molar-refractivity contribution is 9.10. The van der Waals surface area contributed by atoms with Crippen LogP contribution in [0.5, 0.6) is 0 Å². The summed E-state index contributed by atoms with van der Waals surface area (Å²) in [7, 11) is 0. The van der Waals surface area contributed by atoms with E-state index in [2.05, 4.69) is 15.9 Å². The Balaban J connectivity index is 2.51. The topological polar surface area (TPSA) is 0 Å². The molecule has 0 bridgehead atoms. The maximum Gasteiger partial charge on any atom is 0.129 e. The molecule has 0 aliphatic heterocycles. The van der Waals surface area contributed by atoms with Gasteiger partial charge in [0.05, 0.1) is 14.0 Å². The van der Waals surface area contributed by atoms with Gasteiger partial charge in [0.1, 0.15) is 5.82 Å². The van der Waals surface area contributed by atoms with E-state index in [1.807, 2.05) is 0 Å². The van der Waals surface area contributed by atoms with E-state index in [9.17, 15) is 4.39 Å². The van der Waals surface area contributed by atoms with Gasteiger partial charge < -0.3 is 0 Å². The summed E-state index contributed by atoms with van der Waals surface area (Å²) in [6.07, 6.45) is 0. The standard InChI is InChI=1S/C11H5BrCl3FS/c12-6-2-1-3-7(16)9(6)10(14)5-4-8(13)17-11(5)15/h1-4,10H. The van der Waals surface area contributed by atoms with Gasteiger partial charge in [-0.05, 0) is 18.2 Å². The molecule has 0 fully saturated rings. The van der Waals surface area contributed by atoms with E-state index in [0.29, 0.717) is 24.3 Å². The van der Waals surface area contributed by atoms with Crippen molar-refractivity contribution < 1.29 is 4.39 Å². The van der Waals surface area contributed by atoms with Crippen molar-refractivity contribution in [1.82, 2.24) is 0 Å². The maximum atomic E-state index is 13.7. The van der Waals surface area contributed by atoms with Crippen LogP contribution in [0.4, 0.5) is 4.39 Å². The minimum Gasteiger partial charge on any atom is -0.207 e. The van der Waals surface area contributed by atoms with Crippen molar-refractivity contribution in [2.75, 3.05) is 0 Å². The largest absolute Gasteiger partial charge is 0.207 e. The van der Waals surface area contributed by atoms with E-state index < -0.39 is 5.38 Å². The zero-order valence-corrected chi connectivity index (χ0v) is 12.9. The fourth-order valence-electron chi connectivity index (χ4n) is 1.43. The number of thiophene rings is 1. The van der Waals surface area contributed by atoms with Crippen molar-refractivity contribution in [2.24, 2.45) is 0 Å². The third-order valence-electron chi connectivity index (χ3n) is 2.21. The predicted octanol–water partition coefficient (Wildman–Crippen LogP) is 6.28. The first kappa shape index (κ1) is 13.6. The van der Waals surface area contributed by atoms with Gasteiger partial charge in [0.25, 0.3) is 0 Å². The van der Waals surface area contributed by atoms with Crippen LogP contribution in [0.3, 0.4) is 0 Å². The van der Waals surface area contributed by atoms with Crippen molar-refractivity contribution in [3.63, 3.8) is 0 Å². The first-order chi connectivity index (χ1) is 8.00. The summed E-state index contributed by atoms with van der Waals surface area (Å²) < 4.78 is 15.4. The highest BCUT2D eigenvalue weighted by Crippen LogP contribution is 2.43. The molecule has 2 aromatic rings. The Hall–Kier alpha value is 0.200. The SMILES string of the molecule is Fc1cccc(Br)c1C(Cl)c1cc(Cl)sc1Cl. The third-order valence-corrected chi connectivity index (χ3v) is 4.87. The van der Waals surface area contributed by atoms with Gasteiger partial charge in [-0.1, -0.05) is 45.2 Å². The lowest BCUT2D eigenvalue weighted by molar-refractivity contribution is 0.611. The first-order valence-corrected chi connectivity index (χ1v) is 7.33. The molecule has 0 nitrogen and oxygen atoms in total. The molecule has 1 aromatic heterocycles. The molecule has 6 heteroatoms. The lowest BCUT2D eigenvalue weighted by atomic mass is 10.1. The van der Waals surface area contributed by atoms with Crippen LogP contribution < -0.4 is 0 Å². The monoisotopic (exact) mass is 372 g/mol. The second-order valence-corrected chi connectivity index (χ2v) is 6.85. The zero-order valence-electron chi connectivity index (χ0n) is 8.18. The molecule has 0 aliphatic rings. The van der Waals surface area contributed by atoms with Crippen LogP contribution in [-0.2, 0) is 0 Å². The molecule has 2 rings (SSSR count). The van der Waals surface area contributed by atoms with Crippen molar-refractivity contribution in [3.05, 3.63) is 54.4 Å². The summed E-state index contributed by atoms with van der Waals surface area (Å²) in [5, 5.41) is -0.665. The van der Waals surface area contributed by atoms with Gasteiger partial charge in [-0.2, -0.15) is 0 Å². The summed E-state index contributed by atoms with van der Waals surface area (Å²) in [4.78, 5) is 0. The van der Waals surface area contributed by atoms with E-state index in [1.54, 1.807) is 18.2 Å². The van der Waals surface area contributed by atoms with Crippen LogP contribution in [0.25, 0.3) is 0 Å². The van der Waals surface area contributed by atoms with Gasteiger partial charge >= 0.3 is 0 Å². The van der Waals surface area contributed by atoms with Crippen molar-refractivity contribution in [2.45, 2.75) is 5.38 Å². The van der Waals surface area contributed by atoms with Gasteiger partial charge in [0.2, 0.25) is 0 Å². The van der Waals surface area contributed by atoms with Crippen molar-refractivity contribution >= 4 is 62.1 Å². The summed E-state index contributed by atoms with van der Waals surface area (Å²) in [6.45, 7) is 0. The summed E-state index contributed by atoms with van der Waals surface area (Å²) in [6, 6.07) is 6.35. The molecule has 0 aliphatic carbocycles. The fraction of sp³-hybridized carbons (Fsp3) is 0.0909. The highest BCUT2D eigenvalue weighted by Gasteiger charge is 2.22. The molecule has 17 heavy (non-hydrogen) atoms. The average Bonchev–Trinajstić information content (AvgIpc) is 2.57. The van der Waals surface area contributed by atoms with Gasteiger partial charge in [0.15, 0.2) is 0 Å². The fourth-order valence-corrected chi connectivity index (χ4v) is 4.18. The third kappa shape index (κ3) is 2.79. The van der Waals surface area contributed by atoms with Gasteiger partial charge in [-0.15, -0.1) is 22.9 Å². The molecular weight excluding hydrogens is 369 g/mol. The molecule has 90 valence electrons. The Kier molecular flexibility index (Phi) is 4.37. The number of hydrogen-bond donors (Lipinski definition) is 0. The molecule has 0 amide bonds. The summed E-state index contributed by atoms with van der Waals surface area (Å²) >= 11 is 22.6. The van der Waals surface area contributed by atoms with Crippen LogP contribution in [0.1, 0.15) is 16.5 Å². The second-order valence-electron chi connectivity index (χ2n) is 3.28. The lowest BCUT2D eigenvalue weighted by Gasteiger charge is -2.12. The number of benzene rings is 1. The number of rotatable bonds is 2. The molecule has 0 saturated carbocycles. The molecular formula is C11H5BrCl3FS. The molecule has 0 radical (unpaired) electrons. The first-order valence-electron chi connectivity index (χ1n) is 4.53. The van der Waals surface area contributed by atoms with E-state index in [0.717, 1.165) is 0 Å². The predicted molar refractivity (Wildman–Crippen MR) is 76.1 cm³/mol. The second kappa shape index (κ2) is 5.45. The summed E-state index contributed by atoms with van der Waals surface area (Å²) in [5.74, 6) is -0.377. The Labute approximate surface area is 125 Å². The molecule has 1 unspecified atom stereocenters. The highest BCUT2D eigenvalue weighted by atomic mass is 79.9. The quantitative estimate of drug-likeness (QED) is 0.542. The Morgan fingerprint density at radius 1 is 1.29 bits per heavy atom. The van der Waals surface area contributed by atoms with E-state index in [1.165, 1.54) is 17.4 Å². The maximum absolute atomic E-state index is 13.7. The van der Waals surface area contributed by atoms with Crippen molar-refractivity contribution in [3.8, 4) is 0 Å². The molecule has 0 N–H and O–H groups in total. The smallest absolute Gasteiger partial charge is 0.129 e. The molecule has 1 aromatic carbocycles. The normalized spacial score (nSPS) is 12.8. The van der Waals surface area contributed by atoms with Crippen LogP contribution in [0.15, 0.2) is 28.7 Å². The van der Waals surface area contributed by atoms with Crippen LogP contribution >= 0.6 is 62.1 Å². The zero-order chi connectivity index (χ0) is 12.6. The summed E-state index contributed by atoms with van der Waals surface area (Å²) in [5.41, 5.74) is 0.986. The minimum absolute atomic E-state index is 0.366. The molecule has 0 saturated heterocycles. The van der Waals surface area contributed by atoms with Gasteiger partial charge in [-0.3, -0.25) is 0 Å². The van der Waals surface area contributed by atoms with Crippen molar-refractivity contribution in [1.29, 1.82) is 0 Å². The average molecular weight is 374 g/mol.